The van der Waals surface area contributed by atoms with Crippen molar-refractivity contribution in [1.82, 2.24) is 25.0 Å². The van der Waals surface area contributed by atoms with Crippen LogP contribution in [-0.2, 0) is 19.5 Å². The first-order chi connectivity index (χ1) is 11.1. The Morgan fingerprint density at radius 3 is 2.91 bits per heavy atom. The Morgan fingerprint density at radius 2 is 2.26 bits per heavy atom. The standard InChI is InChI=1S/C15H23ClN6S/c1-4-14-20-19-11-22(14)9-8-18-15(17-5-2)21(3)10-12-6-7-13(16)23-12/h6-7,11H,4-5,8-10H2,1-3H3,(H,17,18). The summed E-state index contributed by atoms with van der Waals surface area (Å²) in [5.41, 5.74) is 0. The van der Waals surface area contributed by atoms with Gasteiger partial charge in [-0.15, -0.1) is 21.5 Å². The van der Waals surface area contributed by atoms with Gasteiger partial charge in [0.1, 0.15) is 12.2 Å². The molecule has 2 heterocycles. The maximum Gasteiger partial charge on any atom is 0.194 e. The zero-order chi connectivity index (χ0) is 16.7. The fraction of sp³-hybridized carbons (Fsp3) is 0.533. The molecule has 0 saturated heterocycles. The van der Waals surface area contributed by atoms with E-state index in [1.165, 1.54) is 4.88 Å². The lowest BCUT2D eigenvalue weighted by Gasteiger charge is -2.21. The number of hydrogen-bond donors (Lipinski definition) is 1. The number of aliphatic imine (C=N–C) groups is 1. The lowest BCUT2D eigenvalue weighted by atomic mass is 10.4. The molecule has 0 fully saturated rings. The number of aromatic nitrogens is 3. The normalized spacial score (nSPS) is 11.7. The van der Waals surface area contributed by atoms with E-state index in [0.29, 0.717) is 6.54 Å². The van der Waals surface area contributed by atoms with Gasteiger partial charge < -0.3 is 14.8 Å². The first-order valence-corrected chi connectivity index (χ1v) is 8.93. The molecular weight excluding hydrogens is 332 g/mol. The predicted octanol–water partition coefficient (Wildman–Crippen LogP) is 2.65. The first-order valence-electron chi connectivity index (χ1n) is 7.74. The van der Waals surface area contributed by atoms with Crippen LogP contribution in [-0.4, -0.2) is 45.8 Å². The van der Waals surface area contributed by atoms with E-state index in [-0.39, 0.29) is 0 Å². The summed E-state index contributed by atoms with van der Waals surface area (Å²) < 4.78 is 2.86. The molecule has 0 saturated carbocycles. The number of nitrogens with zero attached hydrogens (tertiary/aromatic N) is 5. The summed E-state index contributed by atoms with van der Waals surface area (Å²) in [6, 6.07) is 3.98. The number of halogens is 1. The second kappa shape index (κ2) is 8.88. The molecule has 0 aliphatic heterocycles. The lowest BCUT2D eigenvalue weighted by Crippen LogP contribution is -2.38. The van der Waals surface area contributed by atoms with Crippen molar-refractivity contribution in [3.05, 3.63) is 33.5 Å². The van der Waals surface area contributed by atoms with Crippen molar-refractivity contribution in [3.63, 3.8) is 0 Å². The summed E-state index contributed by atoms with van der Waals surface area (Å²) in [7, 11) is 2.03. The molecule has 8 heteroatoms. The number of rotatable bonds is 7. The molecule has 23 heavy (non-hydrogen) atoms. The van der Waals surface area contributed by atoms with E-state index < -0.39 is 0 Å². The van der Waals surface area contributed by atoms with Crippen LogP contribution in [0.15, 0.2) is 23.5 Å². The Hall–Kier alpha value is -1.60. The molecule has 0 unspecified atom stereocenters. The third-order valence-electron chi connectivity index (χ3n) is 3.33. The minimum atomic E-state index is 0.683. The zero-order valence-electron chi connectivity index (χ0n) is 13.8. The van der Waals surface area contributed by atoms with E-state index in [1.807, 2.05) is 17.7 Å². The van der Waals surface area contributed by atoms with Gasteiger partial charge in [0, 0.05) is 31.4 Å². The highest BCUT2D eigenvalue weighted by Gasteiger charge is 2.08. The van der Waals surface area contributed by atoms with Crippen LogP contribution in [0.4, 0.5) is 0 Å². The average Bonchev–Trinajstić information content (AvgIpc) is 3.15. The second-order valence-corrected chi connectivity index (χ2v) is 6.89. The Morgan fingerprint density at radius 1 is 1.43 bits per heavy atom. The Labute approximate surface area is 146 Å². The molecule has 2 aromatic heterocycles. The van der Waals surface area contributed by atoms with Crippen LogP contribution in [0.25, 0.3) is 0 Å². The fourth-order valence-electron chi connectivity index (χ4n) is 2.22. The van der Waals surface area contributed by atoms with Crippen LogP contribution >= 0.6 is 22.9 Å². The molecule has 0 amide bonds. The molecule has 126 valence electrons. The van der Waals surface area contributed by atoms with Crippen LogP contribution in [0, 0.1) is 0 Å². The summed E-state index contributed by atoms with van der Waals surface area (Å²) in [6.07, 6.45) is 2.64. The fourth-order valence-corrected chi connectivity index (χ4v) is 3.36. The van der Waals surface area contributed by atoms with Gasteiger partial charge in [0.2, 0.25) is 0 Å². The van der Waals surface area contributed by atoms with Gasteiger partial charge >= 0.3 is 0 Å². The number of nitrogens with one attached hydrogen (secondary N) is 1. The molecule has 0 aromatic carbocycles. The zero-order valence-corrected chi connectivity index (χ0v) is 15.4. The molecule has 0 aliphatic carbocycles. The van der Waals surface area contributed by atoms with Crippen molar-refractivity contribution in [2.75, 3.05) is 20.1 Å². The highest BCUT2D eigenvalue weighted by Crippen LogP contribution is 2.22. The monoisotopic (exact) mass is 354 g/mol. The minimum Gasteiger partial charge on any atom is -0.357 e. The van der Waals surface area contributed by atoms with Gasteiger partial charge in [-0.05, 0) is 19.1 Å². The molecule has 2 aromatic rings. The van der Waals surface area contributed by atoms with E-state index in [1.54, 1.807) is 17.7 Å². The molecule has 0 atom stereocenters. The molecule has 2 rings (SSSR count). The molecule has 1 N–H and O–H groups in total. The average molecular weight is 355 g/mol. The molecular formula is C15H23ClN6S. The number of hydrogen-bond acceptors (Lipinski definition) is 4. The van der Waals surface area contributed by atoms with Gasteiger partial charge in [-0.1, -0.05) is 18.5 Å². The topological polar surface area (TPSA) is 58.3 Å². The van der Waals surface area contributed by atoms with E-state index in [0.717, 1.165) is 42.2 Å². The van der Waals surface area contributed by atoms with Crippen molar-refractivity contribution in [3.8, 4) is 0 Å². The van der Waals surface area contributed by atoms with Gasteiger partial charge in [0.05, 0.1) is 17.4 Å². The van der Waals surface area contributed by atoms with Crippen molar-refractivity contribution in [1.29, 1.82) is 0 Å². The van der Waals surface area contributed by atoms with E-state index in [2.05, 4.69) is 40.3 Å². The lowest BCUT2D eigenvalue weighted by molar-refractivity contribution is 0.480. The van der Waals surface area contributed by atoms with Gasteiger partial charge in [-0.25, -0.2) is 0 Å². The summed E-state index contributed by atoms with van der Waals surface area (Å²) in [4.78, 5) is 8.02. The summed E-state index contributed by atoms with van der Waals surface area (Å²) in [5, 5.41) is 11.4. The van der Waals surface area contributed by atoms with Crippen molar-refractivity contribution in [2.45, 2.75) is 33.4 Å². The van der Waals surface area contributed by atoms with Crippen LogP contribution < -0.4 is 5.32 Å². The second-order valence-electron chi connectivity index (χ2n) is 5.09. The van der Waals surface area contributed by atoms with Crippen LogP contribution in [0.5, 0.6) is 0 Å². The Bertz CT molecular complexity index is 635. The molecule has 0 spiro atoms. The molecule has 0 aliphatic rings. The molecule has 0 bridgehead atoms. The minimum absolute atomic E-state index is 0.683. The number of aryl methyl sites for hydroxylation is 1. The van der Waals surface area contributed by atoms with Crippen LogP contribution in [0.3, 0.4) is 0 Å². The van der Waals surface area contributed by atoms with Crippen molar-refractivity contribution >= 4 is 28.9 Å². The largest absolute Gasteiger partial charge is 0.357 e. The maximum atomic E-state index is 5.99. The Balaban J connectivity index is 1.96. The quantitative estimate of drug-likeness (QED) is 0.613. The summed E-state index contributed by atoms with van der Waals surface area (Å²) in [5.74, 6) is 1.88. The highest BCUT2D eigenvalue weighted by molar-refractivity contribution is 7.16. The summed E-state index contributed by atoms with van der Waals surface area (Å²) >= 11 is 7.59. The maximum absolute atomic E-state index is 5.99. The third-order valence-corrected chi connectivity index (χ3v) is 4.55. The predicted molar refractivity (Wildman–Crippen MR) is 96.2 cm³/mol. The third kappa shape index (κ3) is 5.21. The molecule has 0 radical (unpaired) electrons. The SMILES string of the molecule is CCNC(=NCCn1cnnc1CC)N(C)Cc1ccc(Cl)s1. The Kier molecular flexibility index (Phi) is 6.85. The van der Waals surface area contributed by atoms with E-state index in [9.17, 15) is 0 Å². The summed E-state index contributed by atoms with van der Waals surface area (Å²) in [6.45, 7) is 7.23. The highest BCUT2D eigenvalue weighted by atomic mass is 35.5. The first kappa shape index (κ1) is 17.7. The van der Waals surface area contributed by atoms with Gasteiger partial charge in [0.15, 0.2) is 5.96 Å². The number of thiophene rings is 1. The van der Waals surface area contributed by atoms with Gasteiger partial charge in [-0.3, -0.25) is 4.99 Å². The van der Waals surface area contributed by atoms with Crippen LogP contribution in [0.2, 0.25) is 4.34 Å². The number of guanidine groups is 1. The van der Waals surface area contributed by atoms with Gasteiger partial charge in [0.25, 0.3) is 0 Å². The van der Waals surface area contributed by atoms with Crippen LogP contribution in [0.1, 0.15) is 24.5 Å². The molecule has 6 nitrogen and oxygen atoms in total. The van der Waals surface area contributed by atoms with E-state index in [4.69, 9.17) is 16.6 Å². The van der Waals surface area contributed by atoms with E-state index >= 15 is 0 Å². The smallest absolute Gasteiger partial charge is 0.194 e. The van der Waals surface area contributed by atoms with Gasteiger partial charge in [-0.2, -0.15) is 0 Å². The van der Waals surface area contributed by atoms with Crippen molar-refractivity contribution in [2.24, 2.45) is 4.99 Å². The van der Waals surface area contributed by atoms with Crippen molar-refractivity contribution < 1.29 is 0 Å².